The van der Waals surface area contributed by atoms with Gasteiger partial charge in [0.2, 0.25) is 11.7 Å². The number of aliphatic hydroxyl groups is 2. The molecule has 1 fully saturated rings. The van der Waals surface area contributed by atoms with E-state index < -0.39 is 42.1 Å². The molecule has 1 amide bonds. The number of allylic oxidation sites excluding steroid dienone is 9. The van der Waals surface area contributed by atoms with Crippen molar-refractivity contribution in [3.8, 4) is 5.75 Å². The second-order valence-electron chi connectivity index (χ2n) is 12.2. The van der Waals surface area contributed by atoms with Gasteiger partial charge in [0.05, 0.1) is 18.9 Å². The molecular weight excluding hydrogens is 593 g/mol. The Morgan fingerprint density at radius 2 is 1.87 bits per heavy atom. The highest BCUT2D eigenvalue weighted by Gasteiger charge is 2.35. The lowest BCUT2D eigenvalue weighted by atomic mass is 9.72. The smallest absolute Gasteiger partial charge is 0.330 e. The number of hydrogen-bond acceptors (Lipinski definition) is 7. The van der Waals surface area contributed by atoms with Gasteiger partial charge in [-0.15, -0.1) is 0 Å². The van der Waals surface area contributed by atoms with Crippen LogP contribution in [0.25, 0.3) is 0 Å². The average Bonchev–Trinajstić information content (AvgIpc) is 3.36. The number of anilines is 1. The number of carbonyl (C=O) groups is 1. The number of aromatic amines is 1. The van der Waals surface area contributed by atoms with Crippen molar-refractivity contribution in [2.75, 3.05) is 11.9 Å². The Morgan fingerprint density at radius 3 is 2.50 bits per heavy atom. The van der Waals surface area contributed by atoms with E-state index in [0.29, 0.717) is 5.69 Å². The molecule has 11 heteroatoms. The monoisotopic (exact) mass is 637 g/mol. The average molecular weight is 638 g/mol. The second kappa shape index (κ2) is 16.3. The zero-order valence-electron chi connectivity index (χ0n) is 26.9. The highest BCUT2D eigenvalue weighted by Crippen LogP contribution is 2.40. The maximum atomic E-state index is 13.0. The molecule has 1 aromatic carbocycles. The summed E-state index contributed by atoms with van der Waals surface area (Å²) >= 11 is 0. The molecule has 2 aliphatic rings. The van der Waals surface area contributed by atoms with E-state index in [2.05, 4.69) is 51.2 Å². The van der Waals surface area contributed by atoms with Crippen LogP contribution in [0.15, 0.2) is 98.8 Å². The van der Waals surface area contributed by atoms with Crippen LogP contribution in [0.4, 0.5) is 10.1 Å². The van der Waals surface area contributed by atoms with Crippen LogP contribution in [0.1, 0.15) is 66.5 Å². The quantitative estimate of drug-likeness (QED) is 0.152. The Balaban J connectivity index is 0.000000286. The third kappa shape index (κ3) is 10.4. The molecule has 1 aliphatic carbocycles. The van der Waals surface area contributed by atoms with Crippen molar-refractivity contribution >= 4 is 11.6 Å². The van der Waals surface area contributed by atoms with Gasteiger partial charge in [0.25, 0.3) is 5.56 Å². The summed E-state index contributed by atoms with van der Waals surface area (Å²) in [5, 5.41) is 30.4. The molecule has 5 N–H and O–H groups in total. The van der Waals surface area contributed by atoms with E-state index in [-0.39, 0.29) is 23.5 Å². The minimum Gasteiger partial charge on any atom is -0.508 e. The summed E-state index contributed by atoms with van der Waals surface area (Å²) in [5.41, 5.74) is 3.96. The Labute approximate surface area is 268 Å². The van der Waals surface area contributed by atoms with Gasteiger partial charge in [-0.05, 0) is 80.9 Å². The fourth-order valence-electron chi connectivity index (χ4n) is 5.34. The molecule has 2 heterocycles. The van der Waals surface area contributed by atoms with E-state index >= 15 is 0 Å². The van der Waals surface area contributed by atoms with Gasteiger partial charge in [-0.3, -0.25) is 19.1 Å². The summed E-state index contributed by atoms with van der Waals surface area (Å²) in [6.45, 7) is 10.5. The minimum absolute atomic E-state index is 0.0383. The molecule has 1 aromatic heterocycles. The maximum Gasteiger partial charge on any atom is 0.330 e. The number of phenols is 1. The topological polar surface area (TPSA) is 154 Å². The standard InChI is InChI=1S/C26H33NO2.C9H11FN2O5/c1-19(11-16-24-21(3)10-7-17-26(24,4)5)8-6-9-20(2)18-25(29)27-22-12-14-23(28)15-13-22;10-4-2-12(9(16)11-8(4)15)7-1-5(14)6(3-13)17-7/h6,8-9,11-16,18,28H,7,10,17H2,1-5H3,(H,27,29);2,5-7,13-14H,1,3H2,(H,11,15,16)/b9-6+,16-11+,19-8+,20-18+;/t;5-,6+,7+/m.0/s1. The molecule has 10 nitrogen and oxygen atoms in total. The predicted molar refractivity (Wildman–Crippen MR) is 176 cm³/mol. The number of aromatic nitrogens is 2. The first kappa shape index (κ1) is 36.2. The van der Waals surface area contributed by atoms with Crippen LogP contribution in [-0.4, -0.2) is 49.6 Å². The number of hydrogen-bond donors (Lipinski definition) is 5. The van der Waals surface area contributed by atoms with Crippen molar-refractivity contribution in [1.29, 1.82) is 0 Å². The molecule has 0 bridgehead atoms. The third-order valence-corrected chi connectivity index (χ3v) is 7.89. The number of halogens is 1. The van der Waals surface area contributed by atoms with Gasteiger partial charge >= 0.3 is 5.69 Å². The molecule has 1 saturated heterocycles. The van der Waals surface area contributed by atoms with Gasteiger partial charge < -0.3 is 25.4 Å². The summed E-state index contributed by atoms with van der Waals surface area (Å²) in [5.74, 6) is -1.14. The molecule has 248 valence electrons. The van der Waals surface area contributed by atoms with Crippen LogP contribution in [-0.2, 0) is 9.53 Å². The van der Waals surface area contributed by atoms with Gasteiger partial charge in [-0.25, -0.2) is 4.79 Å². The van der Waals surface area contributed by atoms with E-state index in [1.165, 1.54) is 36.0 Å². The number of aliphatic hydroxyl groups excluding tert-OH is 2. The number of rotatable bonds is 8. The van der Waals surface area contributed by atoms with Crippen LogP contribution in [0.3, 0.4) is 0 Å². The van der Waals surface area contributed by atoms with Crippen molar-refractivity contribution in [3.05, 3.63) is 116 Å². The molecule has 0 saturated carbocycles. The third-order valence-electron chi connectivity index (χ3n) is 7.89. The SMILES string of the molecule is CC1=C(/C=C/C(C)=C/C=C/C(C)=C/C(=O)Nc2ccc(O)cc2)C(C)(C)CCC1.O=c1[nH]c(=O)n([C@H]2C[C@H](O)[C@@H](CO)O2)cc1F. The normalized spacial score (nSPS) is 21.9. The summed E-state index contributed by atoms with van der Waals surface area (Å²) in [6.07, 6.45) is 13.7. The number of phenolic OH excluding ortho intramolecular Hbond substituents is 1. The molecular formula is C35H44FN3O7. The van der Waals surface area contributed by atoms with Crippen molar-refractivity contribution in [2.45, 2.75) is 78.7 Å². The van der Waals surface area contributed by atoms with Crippen molar-refractivity contribution in [2.24, 2.45) is 5.41 Å². The zero-order valence-corrected chi connectivity index (χ0v) is 26.9. The molecule has 3 atom stereocenters. The molecule has 0 radical (unpaired) electrons. The fourth-order valence-corrected chi connectivity index (χ4v) is 5.34. The number of carbonyl (C=O) groups excluding carboxylic acids is 1. The summed E-state index contributed by atoms with van der Waals surface area (Å²) < 4.78 is 19.0. The molecule has 2 aromatic rings. The van der Waals surface area contributed by atoms with Crippen LogP contribution in [0.5, 0.6) is 5.75 Å². The first-order chi connectivity index (χ1) is 21.7. The number of aromatic hydroxyl groups is 1. The highest BCUT2D eigenvalue weighted by atomic mass is 19.1. The first-order valence-electron chi connectivity index (χ1n) is 15.2. The summed E-state index contributed by atoms with van der Waals surface area (Å²) in [7, 11) is 0. The van der Waals surface area contributed by atoms with Gasteiger partial charge in [0.1, 0.15) is 18.1 Å². The van der Waals surface area contributed by atoms with E-state index in [9.17, 15) is 29.0 Å². The van der Waals surface area contributed by atoms with E-state index in [1.54, 1.807) is 35.3 Å². The lowest BCUT2D eigenvalue weighted by Crippen LogP contribution is -2.34. The number of benzene rings is 1. The minimum atomic E-state index is -1.12. The van der Waals surface area contributed by atoms with Crippen LogP contribution >= 0.6 is 0 Å². The van der Waals surface area contributed by atoms with Gasteiger partial charge in [0.15, 0.2) is 0 Å². The number of nitrogens with one attached hydrogen (secondary N) is 2. The number of ether oxygens (including phenoxy) is 1. The van der Waals surface area contributed by atoms with E-state index in [1.807, 2.05) is 19.1 Å². The lowest BCUT2D eigenvalue weighted by molar-refractivity contribution is -0.111. The Bertz CT molecular complexity index is 1650. The van der Waals surface area contributed by atoms with E-state index in [4.69, 9.17) is 9.84 Å². The van der Waals surface area contributed by atoms with Crippen molar-refractivity contribution < 1.29 is 29.2 Å². The Morgan fingerprint density at radius 1 is 1.17 bits per heavy atom. The number of nitrogens with zero attached hydrogens (tertiary/aromatic N) is 1. The first-order valence-corrected chi connectivity index (χ1v) is 15.2. The van der Waals surface area contributed by atoms with Gasteiger partial charge in [0, 0.05) is 18.2 Å². The Kier molecular flexibility index (Phi) is 12.8. The van der Waals surface area contributed by atoms with Gasteiger partial charge in [-0.2, -0.15) is 4.39 Å². The second-order valence-corrected chi connectivity index (χ2v) is 12.2. The number of H-pyrrole nitrogens is 1. The molecule has 1 aliphatic heterocycles. The molecule has 46 heavy (non-hydrogen) atoms. The van der Waals surface area contributed by atoms with Crippen LogP contribution < -0.4 is 16.6 Å². The molecule has 0 spiro atoms. The van der Waals surface area contributed by atoms with Crippen LogP contribution in [0, 0.1) is 11.2 Å². The number of amides is 1. The van der Waals surface area contributed by atoms with Crippen molar-refractivity contribution in [1.82, 2.24) is 9.55 Å². The summed E-state index contributed by atoms with van der Waals surface area (Å²) in [4.78, 5) is 36.1. The predicted octanol–water partition coefficient (Wildman–Crippen LogP) is 5.18. The maximum absolute atomic E-state index is 13.0. The summed E-state index contributed by atoms with van der Waals surface area (Å²) in [6, 6.07) is 6.41. The zero-order chi connectivity index (χ0) is 34.0. The largest absolute Gasteiger partial charge is 0.508 e. The highest BCUT2D eigenvalue weighted by molar-refractivity contribution is 6.00. The fraction of sp³-hybridized carbons (Fsp3) is 0.400. The van der Waals surface area contributed by atoms with Crippen LogP contribution in [0.2, 0.25) is 0 Å². The Hall–Kier alpha value is -4.32. The molecule has 4 rings (SSSR count). The van der Waals surface area contributed by atoms with E-state index in [0.717, 1.165) is 16.3 Å². The van der Waals surface area contributed by atoms with Crippen molar-refractivity contribution in [3.63, 3.8) is 0 Å². The molecule has 0 unspecified atom stereocenters. The van der Waals surface area contributed by atoms with Gasteiger partial charge in [-0.1, -0.05) is 55.4 Å². The lowest BCUT2D eigenvalue weighted by Gasteiger charge is -2.32.